The molecule has 1 unspecified atom stereocenters. The van der Waals surface area contributed by atoms with E-state index in [9.17, 15) is 0 Å². The summed E-state index contributed by atoms with van der Waals surface area (Å²) >= 11 is 1.96. The summed E-state index contributed by atoms with van der Waals surface area (Å²) < 4.78 is 2.50. The summed E-state index contributed by atoms with van der Waals surface area (Å²) in [6.45, 7) is 5.87. The van der Waals surface area contributed by atoms with Crippen LogP contribution in [0.1, 0.15) is 46.0 Å². The van der Waals surface area contributed by atoms with Gasteiger partial charge in [-0.3, -0.25) is 0 Å². The molecule has 14 heavy (non-hydrogen) atoms. The molecule has 3 heteroatoms. The molecular formula is C11H22INS. The molecule has 0 bridgehead atoms. The van der Waals surface area contributed by atoms with E-state index in [2.05, 4.69) is 24.0 Å². The van der Waals surface area contributed by atoms with Crippen molar-refractivity contribution in [2.45, 2.75) is 52.0 Å². The highest BCUT2D eigenvalue weighted by molar-refractivity contribution is 8.12. The summed E-state index contributed by atoms with van der Waals surface area (Å²) in [5.41, 5.74) is 2.31. The van der Waals surface area contributed by atoms with Crippen LogP contribution in [0.15, 0.2) is 0 Å². The lowest BCUT2D eigenvalue weighted by atomic mass is 10.1. The molecule has 1 nitrogen and oxygen atoms in total. The molecule has 0 aromatic rings. The smallest absolute Gasteiger partial charge is 0.198 e. The Labute approximate surface area is 110 Å². The first kappa shape index (κ1) is 14.8. The van der Waals surface area contributed by atoms with Crippen LogP contribution in [0.3, 0.4) is 0 Å². The molecule has 84 valence electrons. The molecule has 0 amide bonds. The normalized spacial score (nSPS) is 20.4. The average molecular weight is 327 g/mol. The van der Waals surface area contributed by atoms with Gasteiger partial charge in [0, 0.05) is 6.42 Å². The van der Waals surface area contributed by atoms with Gasteiger partial charge < -0.3 is 24.0 Å². The van der Waals surface area contributed by atoms with E-state index in [4.69, 9.17) is 0 Å². The molecule has 1 rings (SSSR count). The lowest BCUT2D eigenvalue weighted by Gasteiger charge is -2.03. The third-order valence-electron chi connectivity index (χ3n) is 2.63. The Morgan fingerprint density at radius 3 is 2.57 bits per heavy atom. The second-order valence-corrected chi connectivity index (χ2v) is 4.82. The third-order valence-corrected chi connectivity index (χ3v) is 3.73. The summed E-state index contributed by atoms with van der Waals surface area (Å²) in [6.07, 6.45) is 6.97. The fraction of sp³-hybridized carbons (Fsp3) is 0.909. The van der Waals surface area contributed by atoms with Crippen LogP contribution in [0, 0.1) is 0 Å². The van der Waals surface area contributed by atoms with Crippen molar-refractivity contribution >= 4 is 17.3 Å². The summed E-state index contributed by atoms with van der Waals surface area (Å²) in [6, 6.07) is 0.774. The van der Waals surface area contributed by atoms with E-state index in [-0.39, 0.29) is 24.0 Å². The fourth-order valence-electron chi connectivity index (χ4n) is 1.65. The zero-order valence-electron chi connectivity index (χ0n) is 9.34. The molecule has 0 radical (unpaired) electrons. The maximum Gasteiger partial charge on any atom is 0.198 e. The molecule has 0 aromatic heterocycles. The minimum atomic E-state index is 0. The van der Waals surface area contributed by atoms with E-state index in [1.807, 2.05) is 11.8 Å². The molecule has 0 N–H and O–H groups in total. The van der Waals surface area contributed by atoms with Crippen molar-refractivity contribution in [2.75, 3.05) is 12.3 Å². The van der Waals surface area contributed by atoms with Crippen LogP contribution in [-0.2, 0) is 0 Å². The molecule has 1 heterocycles. The van der Waals surface area contributed by atoms with Gasteiger partial charge in [0.05, 0.1) is 5.75 Å². The van der Waals surface area contributed by atoms with E-state index in [0.29, 0.717) is 0 Å². The summed E-state index contributed by atoms with van der Waals surface area (Å²) in [7, 11) is 0. The number of nitrogens with zero attached hydrogens (tertiary/aromatic N) is 1. The van der Waals surface area contributed by atoms with Crippen molar-refractivity contribution in [2.24, 2.45) is 0 Å². The molecule has 1 aliphatic heterocycles. The second kappa shape index (κ2) is 9.01. The lowest BCUT2D eigenvalue weighted by molar-refractivity contribution is -0.548. The van der Waals surface area contributed by atoms with Gasteiger partial charge in [-0.05, 0) is 13.3 Å². The third kappa shape index (κ3) is 5.59. The summed E-state index contributed by atoms with van der Waals surface area (Å²) in [4.78, 5) is 0. The first-order valence-electron chi connectivity index (χ1n) is 5.55. The Morgan fingerprint density at radius 1 is 1.29 bits per heavy atom. The van der Waals surface area contributed by atoms with Crippen LogP contribution in [0.5, 0.6) is 0 Å². The standard InChI is InChI=1S/C11H22NS.HI/c1-3-4-5-6-7-8-12-10-13-9-11(12)2;/h10-11H,3-9H2,1-2H3;1H/q+1;/p-1. The topological polar surface area (TPSA) is 3.01 Å². The predicted octanol–water partition coefficient (Wildman–Crippen LogP) is 0.137. The SMILES string of the molecule is CCCCCCC[N+]1=CSCC1C.[I-]. The molecule has 0 fully saturated rings. The quantitative estimate of drug-likeness (QED) is 0.381. The van der Waals surface area contributed by atoms with E-state index < -0.39 is 0 Å². The van der Waals surface area contributed by atoms with Crippen LogP contribution in [-0.4, -0.2) is 28.5 Å². The first-order valence-corrected chi connectivity index (χ1v) is 6.60. The summed E-state index contributed by atoms with van der Waals surface area (Å²) in [5.74, 6) is 1.29. The zero-order valence-corrected chi connectivity index (χ0v) is 12.3. The minimum absolute atomic E-state index is 0. The molecule has 1 aliphatic rings. The van der Waals surface area contributed by atoms with Gasteiger partial charge in [0.15, 0.2) is 11.6 Å². The Morgan fingerprint density at radius 2 is 2.00 bits per heavy atom. The fourth-order valence-corrected chi connectivity index (χ4v) is 2.71. The molecule has 0 aliphatic carbocycles. The number of unbranched alkanes of at least 4 members (excludes halogenated alkanes) is 4. The van der Waals surface area contributed by atoms with Crippen molar-refractivity contribution in [3.8, 4) is 0 Å². The van der Waals surface area contributed by atoms with Gasteiger partial charge in [-0.25, -0.2) is 4.58 Å². The van der Waals surface area contributed by atoms with Crippen LogP contribution in [0.4, 0.5) is 0 Å². The Balaban J connectivity index is 0.00000169. The predicted molar refractivity (Wildman–Crippen MR) is 61.9 cm³/mol. The molecule has 1 atom stereocenters. The Hall–Kier alpha value is 0.750. The van der Waals surface area contributed by atoms with Crippen LogP contribution >= 0.6 is 11.8 Å². The van der Waals surface area contributed by atoms with Crippen molar-refractivity contribution in [1.82, 2.24) is 0 Å². The maximum atomic E-state index is 2.50. The Kier molecular flexibility index (Phi) is 9.49. The molecule has 0 aromatic carbocycles. The number of hydrogen-bond acceptors (Lipinski definition) is 1. The van der Waals surface area contributed by atoms with Gasteiger partial charge in [0.1, 0.15) is 6.54 Å². The highest BCUT2D eigenvalue weighted by atomic mass is 127. The van der Waals surface area contributed by atoms with Crippen LogP contribution < -0.4 is 24.0 Å². The van der Waals surface area contributed by atoms with Gasteiger partial charge in [0.25, 0.3) is 0 Å². The van der Waals surface area contributed by atoms with Crippen LogP contribution in [0.25, 0.3) is 0 Å². The summed E-state index contributed by atoms with van der Waals surface area (Å²) in [5, 5.41) is 0. The van der Waals surface area contributed by atoms with Crippen molar-refractivity contribution in [1.29, 1.82) is 0 Å². The first-order chi connectivity index (χ1) is 6.34. The second-order valence-electron chi connectivity index (χ2n) is 3.94. The monoisotopic (exact) mass is 327 g/mol. The molecule has 0 saturated carbocycles. The highest BCUT2D eigenvalue weighted by Gasteiger charge is 2.20. The van der Waals surface area contributed by atoms with Gasteiger partial charge in [-0.15, -0.1) is 0 Å². The number of rotatable bonds is 6. The minimum Gasteiger partial charge on any atom is -1.00 e. The highest BCUT2D eigenvalue weighted by Crippen LogP contribution is 2.12. The Bertz CT molecular complexity index is 171. The van der Waals surface area contributed by atoms with Gasteiger partial charge >= 0.3 is 0 Å². The van der Waals surface area contributed by atoms with Crippen LogP contribution in [0.2, 0.25) is 0 Å². The zero-order chi connectivity index (χ0) is 9.52. The van der Waals surface area contributed by atoms with E-state index in [1.54, 1.807) is 0 Å². The van der Waals surface area contributed by atoms with Gasteiger partial charge in [-0.1, -0.05) is 37.9 Å². The number of hydrogen-bond donors (Lipinski definition) is 0. The van der Waals surface area contributed by atoms with Gasteiger partial charge in [-0.2, -0.15) is 0 Å². The van der Waals surface area contributed by atoms with Gasteiger partial charge in [0.2, 0.25) is 0 Å². The van der Waals surface area contributed by atoms with Crippen molar-refractivity contribution in [3.05, 3.63) is 0 Å². The maximum absolute atomic E-state index is 2.50. The number of halogens is 1. The van der Waals surface area contributed by atoms with Crippen molar-refractivity contribution < 1.29 is 28.6 Å². The van der Waals surface area contributed by atoms with E-state index in [1.165, 1.54) is 44.4 Å². The molecule has 0 spiro atoms. The number of thioether (sulfide) groups is 1. The van der Waals surface area contributed by atoms with E-state index >= 15 is 0 Å². The molecular weight excluding hydrogens is 305 g/mol. The average Bonchev–Trinajstić information content (AvgIpc) is 2.52. The van der Waals surface area contributed by atoms with Crippen molar-refractivity contribution in [3.63, 3.8) is 0 Å². The largest absolute Gasteiger partial charge is 1.00 e. The molecule has 0 saturated heterocycles. The van der Waals surface area contributed by atoms with E-state index in [0.717, 1.165) is 6.04 Å². The lowest BCUT2D eigenvalue weighted by Crippen LogP contribution is -3.00.